The molecule has 0 spiro atoms. The zero-order chi connectivity index (χ0) is 16.3. The molecule has 1 atom stereocenters. The van der Waals surface area contributed by atoms with Gasteiger partial charge in [-0.15, -0.1) is 0 Å². The maximum absolute atomic E-state index is 12.6. The lowest BCUT2D eigenvalue weighted by atomic mass is 9.88. The van der Waals surface area contributed by atoms with Gasteiger partial charge in [0.1, 0.15) is 5.75 Å². The first-order chi connectivity index (χ1) is 11.1. The number of benzene rings is 2. The summed E-state index contributed by atoms with van der Waals surface area (Å²) in [6, 6.07) is 14.4. The van der Waals surface area contributed by atoms with Crippen molar-refractivity contribution in [3.05, 3.63) is 59.7 Å². The Morgan fingerprint density at radius 2 is 1.87 bits per heavy atom. The molecule has 0 aromatic heterocycles. The average molecular weight is 331 g/mol. The van der Waals surface area contributed by atoms with Crippen LogP contribution < -0.4 is 9.46 Å². The van der Waals surface area contributed by atoms with Gasteiger partial charge in [0.25, 0.3) is 0 Å². The largest absolute Gasteiger partial charge is 0.494 e. The highest BCUT2D eigenvalue weighted by Crippen LogP contribution is 2.31. The molecule has 1 aliphatic carbocycles. The van der Waals surface area contributed by atoms with Crippen LogP contribution in [-0.4, -0.2) is 15.0 Å². The molecule has 2 aromatic carbocycles. The van der Waals surface area contributed by atoms with E-state index < -0.39 is 10.0 Å². The van der Waals surface area contributed by atoms with Gasteiger partial charge in [0.15, 0.2) is 0 Å². The SMILES string of the molecule is CCOc1ccc(S(=O)(=O)N[C@@H]2CCCc3ccccc32)cc1. The summed E-state index contributed by atoms with van der Waals surface area (Å²) in [6.07, 6.45) is 2.83. The number of ether oxygens (including phenoxy) is 1. The summed E-state index contributed by atoms with van der Waals surface area (Å²) in [6.45, 7) is 2.45. The molecule has 0 amide bonds. The number of hydrogen-bond donors (Lipinski definition) is 1. The molecule has 1 N–H and O–H groups in total. The third kappa shape index (κ3) is 3.57. The van der Waals surface area contributed by atoms with Crippen molar-refractivity contribution in [3.63, 3.8) is 0 Å². The number of sulfonamides is 1. The topological polar surface area (TPSA) is 55.4 Å². The quantitative estimate of drug-likeness (QED) is 0.913. The van der Waals surface area contributed by atoms with Gasteiger partial charge in [-0.25, -0.2) is 13.1 Å². The fourth-order valence-corrected chi connectivity index (χ4v) is 4.26. The first-order valence-corrected chi connectivity index (χ1v) is 9.41. The Morgan fingerprint density at radius 1 is 1.13 bits per heavy atom. The van der Waals surface area contributed by atoms with Gasteiger partial charge in [0.2, 0.25) is 10.0 Å². The van der Waals surface area contributed by atoms with Gasteiger partial charge in [0.05, 0.1) is 11.5 Å². The molecule has 0 bridgehead atoms. The second-order valence-electron chi connectivity index (χ2n) is 5.67. The molecule has 0 saturated heterocycles. The molecule has 0 aliphatic heterocycles. The first-order valence-electron chi connectivity index (χ1n) is 7.93. The number of aryl methyl sites for hydroxylation is 1. The predicted molar refractivity (Wildman–Crippen MR) is 90.1 cm³/mol. The highest BCUT2D eigenvalue weighted by molar-refractivity contribution is 7.89. The van der Waals surface area contributed by atoms with Gasteiger partial charge < -0.3 is 4.74 Å². The van der Waals surface area contributed by atoms with Gasteiger partial charge in [-0.1, -0.05) is 24.3 Å². The van der Waals surface area contributed by atoms with Crippen LogP contribution in [0.15, 0.2) is 53.4 Å². The molecule has 0 unspecified atom stereocenters. The lowest BCUT2D eigenvalue weighted by Crippen LogP contribution is -2.31. The molecule has 0 saturated carbocycles. The van der Waals surface area contributed by atoms with Crippen molar-refractivity contribution in [3.8, 4) is 5.75 Å². The summed E-state index contributed by atoms with van der Waals surface area (Å²) >= 11 is 0. The molecule has 4 nitrogen and oxygen atoms in total. The highest BCUT2D eigenvalue weighted by atomic mass is 32.2. The molecule has 0 fully saturated rings. The van der Waals surface area contributed by atoms with Crippen LogP contribution in [0, 0.1) is 0 Å². The summed E-state index contributed by atoms with van der Waals surface area (Å²) in [5.74, 6) is 0.675. The van der Waals surface area contributed by atoms with Crippen LogP contribution in [0.3, 0.4) is 0 Å². The zero-order valence-corrected chi connectivity index (χ0v) is 14.0. The smallest absolute Gasteiger partial charge is 0.241 e. The summed E-state index contributed by atoms with van der Waals surface area (Å²) in [5, 5.41) is 0. The van der Waals surface area contributed by atoms with E-state index in [-0.39, 0.29) is 10.9 Å². The zero-order valence-electron chi connectivity index (χ0n) is 13.2. The molecule has 122 valence electrons. The summed E-state index contributed by atoms with van der Waals surface area (Å²) < 4.78 is 33.5. The van der Waals surface area contributed by atoms with E-state index in [0.29, 0.717) is 12.4 Å². The molecule has 3 rings (SSSR count). The fourth-order valence-electron chi connectivity index (χ4n) is 3.01. The molecular formula is C18H21NO3S. The van der Waals surface area contributed by atoms with E-state index in [0.717, 1.165) is 24.8 Å². The van der Waals surface area contributed by atoms with Crippen LogP contribution in [0.4, 0.5) is 0 Å². The second-order valence-corrected chi connectivity index (χ2v) is 7.38. The molecular weight excluding hydrogens is 310 g/mol. The number of fused-ring (bicyclic) bond motifs is 1. The van der Waals surface area contributed by atoms with Crippen LogP contribution in [0.25, 0.3) is 0 Å². The molecule has 0 radical (unpaired) electrons. The monoisotopic (exact) mass is 331 g/mol. The first kappa shape index (κ1) is 16.0. The molecule has 2 aromatic rings. The van der Waals surface area contributed by atoms with Crippen molar-refractivity contribution in [2.24, 2.45) is 0 Å². The van der Waals surface area contributed by atoms with E-state index in [1.807, 2.05) is 25.1 Å². The van der Waals surface area contributed by atoms with E-state index in [1.54, 1.807) is 24.3 Å². The van der Waals surface area contributed by atoms with Crippen molar-refractivity contribution in [2.75, 3.05) is 6.61 Å². The fraction of sp³-hybridized carbons (Fsp3) is 0.333. The standard InChI is InChI=1S/C18H21NO3S/c1-2-22-15-10-12-16(13-11-15)23(20,21)19-18-9-5-7-14-6-3-4-8-17(14)18/h3-4,6,8,10-13,18-19H,2,5,7,9H2,1H3/t18-/m1/s1. The maximum Gasteiger partial charge on any atom is 0.241 e. The minimum Gasteiger partial charge on any atom is -0.494 e. The van der Waals surface area contributed by atoms with Crippen molar-refractivity contribution >= 4 is 10.0 Å². The maximum atomic E-state index is 12.6. The van der Waals surface area contributed by atoms with Crippen LogP contribution >= 0.6 is 0 Å². The van der Waals surface area contributed by atoms with Crippen LogP contribution in [0.5, 0.6) is 5.75 Å². The molecule has 1 aliphatic rings. The normalized spacial score (nSPS) is 17.5. The van der Waals surface area contributed by atoms with Crippen LogP contribution in [0.2, 0.25) is 0 Å². The third-order valence-corrected chi connectivity index (χ3v) is 5.60. The van der Waals surface area contributed by atoms with E-state index in [1.165, 1.54) is 5.56 Å². The Hall–Kier alpha value is -1.85. The minimum absolute atomic E-state index is 0.156. The van der Waals surface area contributed by atoms with Gasteiger partial charge in [0, 0.05) is 6.04 Å². The summed E-state index contributed by atoms with van der Waals surface area (Å²) in [7, 11) is -3.54. The van der Waals surface area contributed by atoms with Crippen molar-refractivity contribution in [2.45, 2.75) is 37.1 Å². The number of hydrogen-bond acceptors (Lipinski definition) is 3. The Kier molecular flexibility index (Phi) is 4.68. The van der Waals surface area contributed by atoms with Crippen molar-refractivity contribution in [1.29, 1.82) is 0 Å². The van der Waals surface area contributed by atoms with Gasteiger partial charge in [-0.2, -0.15) is 0 Å². The highest BCUT2D eigenvalue weighted by Gasteiger charge is 2.25. The second kappa shape index (κ2) is 6.72. The van der Waals surface area contributed by atoms with Gasteiger partial charge in [-0.05, 0) is 61.6 Å². The van der Waals surface area contributed by atoms with Gasteiger partial charge >= 0.3 is 0 Å². The third-order valence-electron chi connectivity index (χ3n) is 4.11. The van der Waals surface area contributed by atoms with Crippen LogP contribution in [0.1, 0.15) is 36.9 Å². The Labute approximate surface area is 137 Å². The number of rotatable bonds is 5. The summed E-state index contributed by atoms with van der Waals surface area (Å²) in [5.41, 5.74) is 2.33. The average Bonchev–Trinajstić information content (AvgIpc) is 2.56. The number of nitrogens with one attached hydrogen (secondary N) is 1. The molecule has 0 heterocycles. The lowest BCUT2D eigenvalue weighted by molar-refractivity contribution is 0.340. The molecule has 5 heteroatoms. The predicted octanol–water partition coefficient (Wildman–Crippen LogP) is 3.44. The van der Waals surface area contributed by atoms with E-state index in [2.05, 4.69) is 10.8 Å². The summed E-state index contributed by atoms with van der Waals surface area (Å²) in [4.78, 5) is 0.268. The van der Waals surface area contributed by atoms with Gasteiger partial charge in [-0.3, -0.25) is 0 Å². The Bertz CT molecular complexity index is 769. The van der Waals surface area contributed by atoms with E-state index in [9.17, 15) is 8.42 Å². The van der Waals surface area contributed by atoms with E-state index in [4.69, 9.17) is 4.74 Å². The van der Waals surface area contributed by atoms with Crippen molar-refractivity contribution in [1.82, 2.24) is 4.72 Å². The van der Waals surface area contributed by atoms with Crippen LogP contribution in [-0.2, 0) is 16.4 Å². The Balaban J connectivity index is 1.82. The van der Waals surface area contributed by atoms with E-state index >= 15 is 0 Å². The Morgan fingerprint density at radius 3 is 2.61 bits per heavy atom. The van der Waals surface area contributed by atoms with Crippen molar-refractivity contribution < 1.29 is 13.2 Å². The lowest BCUT2D eigenvalue weighted by Gasteiger charge is -2.26. The molecule has 23 heavy (non-hydrogen) atoms. The minimum atomic E-state index is -3.54.